The van der Waals surface area contributed by atoms with Gasteiger partial charge in [-0.15, -0.1) is 0 Å². The molecule has 0 radical (unpaired) electrons. The number of hydrogen-bond donors (Lipinski definition) is 1. The number of carbonyl (C=O) groups is 1. The monoisotopic (exact) mass is 281 g/mol. The minimum atomic E-state index is -0.346. The van der Waals surface area contributed by atoms with Gasteiger partial charge in [0, 0.05) is 13.6 Å². The molecule has 0 aromatic heterocycles. The molecule has 1 unspecified atom stereocenters. The van der Waals surface area contributed by atoms with Crippen molar-refractivity contribution in [1.29, 1.82) is 0 Å². The standard InChI is InChI=1S/C15H23NO2S/c1-13(17)8-10-16(2)15(18)12-19-11-9-14-6-4-3-5-7-14/h3-7,13,17H,8-12H2,1-2H3. The van der Waals surface area contributed by atoms with Crippen LogP contribution in [0.3, 0.4) is 0 Å². The average molecular weight is 281 g/mol. The van der Waals surface area contributed by atoms with Gasteiger partial charge in [0.25, 0.3) is 0 Å². The fraction of sp³-hybridized carbons (Fsp3) is 0.533. The molecule has 1 rings (SSSR count). The van der Waals surface area contributed by atoms with Gasteiger partial charge in [0.2, 0.25) is 5.91 Å². The van der Waals surface area contributed by atoms with E-state index in [0.717, 1.165) is 12.2 Å². The molecular formula is C15H23NO2S. The van der Waals surface area contributed by atoms with Crippen molar-refractivity contribution in [3.63, 3.8) is 0 Å². The number of amides is 1. The van der Waals surface area contributed by atoms with Crippen molar-refractivity contribution in [3.05, 3.63) is 35.9 Å². The first-order valence-electron chi connectivity index (χ1n) is 6.63. The predicted molar refractivity (Wildman–Crippen MR) is 81.4 cm³/mol. The molecule has 1 aromatic carbocycles. The van der Waals surface area contributed by atoms with Crippen LogP contribution in [0, 0.1) is 0 Å². The summed E-state index contributed by atoms with van der Waals surface area (Å²) < 4.78 is 0. The van der Waals surface area contributed by atoms with Crippen LogP contribution in [0.15, 0.2) is 30.3 Å². The molecule has 0 bridgehead atoms. The molecule has 3 nitrogen and oxygen atoms in total. The lowest BCUT2D eigenvalue weighted by atomic mass is 10.2. The Morgan fingerprint density at radius 1 is 1.37 bits per heavy atom. The molecular weight excluding hydrogens is 258 g/mol. The highest BCUT2D eigenvalue weighted by molar-refractivity contribution is 7.99. The maximum Gasteiger partial charge on any atom is 0.232 e. The van der Waals surface area contributed by atoms with E-state index in [-0.39, 0.29) is 12.0 Å². The second-order valence-corrected chi connectivity index (χ2v) is 5.85. The molecule has 1 aromatic rings. The highest BCUT2D eigenvalue weighted by atomic mass is 32.2. The van der Waals surface area contributed by atoms with Crippen LogP contribution < -0.4 is 0 Å². The molecule has 0 aliphatic carbocycles. The lowest BCUT2D eigenvalue weighted by molar-refractivity contribution is -0.127. The third kappa shape index (κ3) is 7.23. The van der Waals surface area contributed by atoms with Crippen LogP contribution in [0.2, 0.25) is 0 Å². The Morgan fingerprint density at radius 2 is 2.05 bits per heavy atom. The van der Waals surface area contributed by atoms with Gasteiger partial charge in [0.15, 0.2) is 0 Å². The summed E-state index contributed by atoms with van der Waals surface area (Å²) in [5, 5.41) is 9.18. The Bertz CT molecular complexity index is 368. The van der Waals surface area contributed by atoms with E-state index < -0.39 is 0 Å². The van der Waals surface area contributed by atoms with E-state index in [1.165, 1.54) is 5.56 Å². The minimum absolute atomic E-state index is 0.138. The quantitative estimate of drug-likeness (QED) is 0.743. The summed E-state index contributed by atoms with van der Waals surface area (Å²) in [4.78, 5) is 13.5. The molecule has 19 heavy (non-hydrogen) atoms. The van der Waals surface area contributed by atoms with Crippen LogP contribution in [0.25, 0.3) is 0 Å². The summed E-state index contributed by atoms with van der Waals surface area (Å²) in [6.07, 6.45) is 1.29. The fourth-order valence-electron chi connectivity index (χ4n) is 1.61. The number of aryl methyl sites for hydroxylation is 1. The summed E-state index contributed by atoms with van der Waals surface area (Å²) in [7, 11) is 1.79. The largest absolute Gasteiger partial charge is 0.393 e. The zero-order valence-corrected chi connectivity index (χ0v) is 12.5. The van der Waals surface area contributed by atoms with Gasteiger partial charge in [0.05, 0.1) is 11.9 Å². The lowest BCUT2D eigenvalue weighted by Crippen LogP contribution is -2.30. The summed E-state index contributed by atoms with van der Waals surface area (Å²) in [6.45, 7) is 2.36. The van der Waals surface area contributed by atoms with Gasteiger partial charge in [-0.05, 0) is 31.1 Å². The minimum Gasteiger partial charge on any atom is -0.393 e. The number of aliphatic hydroxyl groups is 1. The van der Waals surface area contributed by atoms with E-state index in [0.29, 0.717) is 18.7 Å². The summed E-state index contributed by atoms with van der Waals surface area (Å²) in [5.41, 5.74) is 1.31. The second-order valence-electron chi connectivity index (χ2n) is 4.74. The van der Waals surface area contributed by atoms with E-state index >= 15 is 0 Å². The molecule has 1 amide bonds. The summed E-state index contributed by atoms with van der Waals surface area (Å²) >= 11 is 1.67. The smallest absolute Gasteiger partial charge is 0.232 e. The van der Waals surface area contributed by atoms with Crippen LogP contribution in [-0.4, -0.2) is 47.1 Å². The van der Waals surface area contributed by atoms with Crippen LogP contribution in [0.4, 0.5) is 0 Å². The maximum atomic E-state index is 11.8. The van der Waals surface area contributed by atoms with Gasteiger partial charge < -0.3 is 10.0 Å². The normalized spacial score (nSPS) is 12.2. The summed E-state index contributed by atoms with van der Waals surface area (Å²) in [5.74, 6) is 1.61. The Kier molecular flexibility index (Phi) is 7.60. The van der Waals surface area contributed by atoms with Crippen LogP contribution in [0.1, 0.15) is 18.9 Å². The maximum absolute atomic E-state index is 11.8. The van der Waals surface area contributed by atoms with Crippen molar-refractivity contribution in [3.8, 4) is 0 Å². The van der Waals surface area contributed by atoms with Gasteiger partial charge in [-0.25, -0.2) is 0 Å². The number of thioether (sulfide) groups is 1. The van der Waals surface area contributed by atoms with Gasteiger partial charge in [-0.1, -0.05) is 30.3 Å². The van der Waals surface area contributed by atoms with E-state index in [1.807, 2.05) is 18.2 Å². The average Bonchev–Trinajstić information content (AvgIpc) is 2.41. The Labute approximate surface area is 120 Å². The molecule has 0 fully saturated rings. The van der Waals surface area contributed by atoms with E-state index in [4.69, 9.17) is 0 Å². The second kappa shape index (κ2) is 8.99. The molecule has 0 aliphatic rings. The molecule has 0 spiro atoms. The number of rotatable bonds is 8. The van der Waals surface area contributed by atoms with E-state index in [2.05, 4.69) is 12.1 Å². The Balaban J connectivity index is 2.13. The molecule has 106 valence electrons. The Hall–Kier alpha value is -1.00. The number of nitrogens with zero attached hydrogens (tertiary/aromatic N) is 1. The lowest BCUT2D eigenvalue weighted by Gasteiger charge is -2.17. The highest BCUT2D eigenvalue weighted by Crippen LogP contribution is 2.08. The van der Waals surface area contributed by atoms with Crippen molar-refractivity contribution in [2.24, 2.45) is 0 Å². The first-order chi connectivity index (χ1) is 9.09. The molecule has 1 N–H and O–H groups in total. The third-order valence-electron chi connectivity index (χ3n) is 2.91. The fourth-order valence-corrected chi connectivity index (χ4v) is 2.53. The molecule has 0 heterocycles. The number of carbonyl (C=O) groups excluding carboxylic acids is 1. The van der Waals surface area contributed by atoms with E-state index in [1.54, 1.807) is 30.6 Å². The van der Waals surface area contributed by atoms with Crippen LogP contribution in [-0.2, 0) is 11.2 Å². The van der Waals surface area contributed by atoms with Crippen molar-refractivity contribution >= 4 is 17.7 Å². The summed E-state index contributed by atoms with van der Waals surface area (Å²) in [6, 6.07) is 10.3. The van der Waals surface area contributed by atoms with Gasteiger partial charge in [-0.2, -0.15) is 11.8 Å². The molecule has 4 heteroatoms. The zero-order chi connectivity index (χ0) is 14.1. The Morgan fingerprint density at radius 3 is 2.68 bits per heavy atom. The number of hydrogen-bond acceptors (Lipinski definition) is 3. The van der Waals surface area contributed by atoms with Gasteiger partial charge in [-0.3, -0.25) is 4.79 Å². The van der Waals surface area contributed by atoms with Crippen molar-refractivity contribution < 1.29 is 9.90 Å². The highest BCUT2D eigenvalue weighted by Gasteiger charge is 2.09. The zero-order valence-electron chi connectivity index (χ0n) is 11.7. The predicted octanol–water partition coefficient (Wildman–Crippen LogP) is 2.19. The van der Waals surface area contributed by atoms with Gasteiger partial charge in [0.1, 0.15) is 0 Å². The molecule has 1 atom stereocenters. The molecule has 0 saturated carbocycles. The molecule has 0 saturated heterocycles. The van der Waals surface area contributed by atoms with Gasteiger partial charge >= 0.3 is 0 Å². The topological polar surface area (TPSA) is 40.5 Å². The van der Waals surface area contributed by atoms with Crippen molar-refractivity contribution in [1.82, 2.24) is 4.90 Å². The first kappa shape index (κ1) is 16.1. The van der Waals surface area contributed by atoms with Crippen molar-refractivity contribution in [2.45, 2.75) is 25.9 Å². The van der Waals surface area contributed by atoms with E-state index in [9.17, 15) is 9.90 Å². The number of aliphatic hydroxyl groups excluding tert-OH is 1. The third-order valence-corrected chi connectivity index (χ3v) is 3.86. The molecule has 0 aliphatic heterocycles. The number of benzene rings is 1. The first-order valence-corrected chi connectivity index (χ1v) is 7.78. The van der Waals surface area contributed by atoms with Crippen LogP contribution >= 0.6 is 11.8 Å². The van der Waals surface area contributed by atoms with Crippen LogP contribution in [0.5, 0.6) is 0 Å². The SMILES string of the molecule is CC(O)CCN(C)C(=O)CSCCc1ccccc1. The van der Waals surface area contributed by atoms with Crippen molar-refractivity contribution in [2.75, 3.05) is 25.1 Å².